The minimum Gasteiger partial charge on any atom is -0.496 e. The Morgan fingerprint density at radius 1 is 1.21 bits per heavy atom. The van der Waals surface area contributed by atoms with Gasteiger partial charge >= 0.3 is 11.9 Å². The van der Waals surface area contributed by atoms with Crippen molar-refractivity contribution in [3.8, 4) is 5.75 Å². The zero-order valence-corrected chi connectivity index (χ0v) is 17.1. The van der Waals surface area contributed by atoms with Crippen LogP contribution in [0.5, 0.6) is 5.75 Å². The average Bonchev–Trinajstić information content (AvgIpc) is 3.06. The molecule has 29 heavy (non-hydrogen) atoms. The van der Waals surface area contributed by atoms with E-state index in [1.54, 1.807) is 25.1 Å². The third-order valence-electron chi connectivity index (χ3n) is 3.84. The predicted molar refractivity (Wildman–Crippen MR) is 110 cm³/mol. The van der Waals surface area contributed by atoms with Gasteiger partial charge in [0.1, 0.15) is 27.8 Å². The number of amides is 1. The molecule has 0 radical (unpaired) electrons. The molecule has 2 aromatic rings. The molecule has 0 saturated carbocycles. The lowest BCUT2D eigenvalue weighted by molar-refractivity contribution is -0.138. The Labute approximate surface area is 172 Å². The maximum absolute atomic E-state index is 12.2. The molecule has 2 rings (SSSR count). The highest BCUT2D eigenvalue weighted by molar-refractivity contribution is 7.18. The topological polar surface area (TPSA) is 117 Å². The van der Waals surface area contributed by atoms with Gasteiger partial charge in [-0.05, 0) is 19.1 Å². The number of carbonyl (C=O) groups is 3. The number of nitrogen functional groups attached to an aromatic ring is 1. The second-order valence-corrected chi connectivity index (χ2v) is 6.68. The molecule has 0 aliphatic heterocycles. The number of thiophene rings is 1. The summed E-state index contributed by atoms with van der Waals surface area (Å²) in [4.78, 5) is 36.7. The molecule has 0 aliphatic rings. The second-order valence-electron chi connectivity index (χ2n) is 5.63. The molecule has 154 valence electrons. The Hall–Kier alpha value is -3.33. The highest BCUT2D eigenvalue weighted by Gasteiger charge is 2.27. The van der Waals surface area contributed by atoms with E-state index in [1.165, 1.54) is 20.2 Å². The van der Waals surface area contributed by atoms with Gasteiger partial charge in [-0.3, -0.25) is 4.79 Å². The lowest BCUT2D eigenvalue weighted by Crippen LogP contribution is -2.19. The van der Waals surface area contributed by atoms with Crippen molar-refractivity contribution < 1.29 is 28.6 Å². The summed E-state index contributed by atoms with van der Waals surface area (Å²) in [5.41, 5.74) is 6.86. The smallest absolute Gasteiger partial charge is 0.341 e. The van der Waals surface area contributed by atoms with Crippen LogP contribution in [-0.4, -0.2) is 38.6 Å². The SMILES string of the molecule is CCOC(=O)c1c(N)sc(C(=O)NC)c1COC(=O)C=Cc1ccccc1OC. The fourth-order valence-electron chi connectivity index (χ4n) is 2.50. The Bertz CT molecular complexity index is 935. The maximum Gasteiger partial charge on any atom is 0.341 e. The van der Waals surface area contributed by atoms with E-state index in [0.29, 0.717) is 11.3 Å². The molecule has 0 unspecified atom stereocenters. The van der Waals surface area contributed by atoms with Gasteiger partial charge in [-0.25, -0.2) is 9.59 Å². The van der Waals surface area contributed by atoms with Crippen LogP contribution in [0.25, 0.3) is 6.08 Å². The van der Waals surface area contributed by atoms with E-state index in [-0.39, 0.29) is 34.2 Å². The number of anilines is 1. The molecular weight excluding hydrogens is 396 g/mol. The molecule has 1 aromatic heterocycles. The number of methoxy groups -OCH3 is 1. The number of nitrogens with one attached hydrogen (secondary N) is 1. The average molecular weight is 418 g/mol. The number of nitrogens with two attached hydrogens (primary N) is 1. The summed E-state index contributed by atoms with van der Waals surface area (Å²) in [6, 6.07) is 7.17. The third kappa shape index (κ3) is 5.35. The van der Waals surface area contributed by atoms with E-state index in [4.69, 9.17) is 19.9 Å². The molecule has 1 amide bonds. The van der Waals surface area contributed by atoms with Crippen molar-refractivity contribution in [1.29, 1.82) is 0 Å². The van der Waals surface area contributed by atoms with Gasteiger partial charge in [-0.1, -0.05) is 18.2 Å². The predicted octanol–water partition coefficient (Wildman–Crippen LogP) is 2.63. The van der Waals surface area contributed by atoms with Gasteiger partial charge in [0.25, 0.3) is 5.91 Å². The molecule has 8 nitrogen and oxygen atoms in total. The van der Waals surface area contributed by atoms with Crippen LogP contribution in [0.15, 0.2) is 30.3 Å². The second kappa shape index (κ2) is 10.3. The molecule has 0 spiro atoms. The van der Waals surface area contributed by atoms with Crippen molar-refractivity contribution >= 4 is 40.3 Å². The molecule has 3 N–H and O–H groups in total. The van der Waals surface area contributed by atoms with Crippen molar-refractivity contribution in [3.63, 3.8) is 0 Å². The zero-order valence-electron chi connectivity index (χ0n) is 16.3. The van der Waals surface area contributed by atoms with E-state index < -0.39 is 17.8 Å². The van der Waals surface area contributed by atoms with Crippen LogP contribution in [0, 0.1) is 0 Å². The summed E-state index contributed by atoms with van der Waals surface area (Å²) >= 11 is 0.934. The number of ether oxygens (including phenoxy) is 3. The van der Waals surface area contributed by atoms with E-state index in [9.17, 15) is 14.4 Å². The van der Waals surface area contributed by atoms with E-state index in [1.807, 2.05) is 12.1 Å². The number of benzene rings is 1. The van der Waals surface area contributed by atoms with Gasteiger partial charge in [0.05, 0.1) is 13.7 Å². The zero-order chi connectivity index (χ0) is 21.4. The van der Waals surface area contributed by atoms with Crippen LogP contribution in [0.1, 0.15) is 38.1 Å². The minimum atomic E-state index is -0.674. The first-order valence-corrected chi connectivity index (χ1v) is 9.52. The van der Waals surface area contributed by atoms with E-state index >= 15 is 0 Å². The number of rotatable bonds is 8. The normalized spacial score (nSPS) is 10.6. The highest BCUT2D eigenvalue weighted by atomic mass is 32.1. The first-order valence-electron chi connectivity index (χ1n) is 8.71. The third-order valence-corrected chi connectivity index (χ3v) is 4.90. The van der Waals surface area contributed by atoms with Crippen molar-refractivity contribution in [3.05, 3.63) is 51.9 Å². The number of para-hydroxylation sites is 1. The van der Waals surface area contributed by atoms with Gasteiger partial charge in [0, 0.05) is 24.3 Å². The molecular formula is C20H22N2O6S. The van der Waals surface area contributed by atoms with Gasteiger partial charge in [0.15, 0.2) is 0 Å². The molecule has 0 fully saturated rings. The van der Waals surface area contributed by atoms with Crippen molar-refractivity contribution in [2.75, 3.05) is 26.5 Å². The highest BCUT2D eigenvalue weighted by Crippen LogP contribution is 2.32. The van der Waals surface area contributed by atoms with Crippen LogP contribution >= 0.6 is 11.3 Å². The molecule has 0 atom stereocenters. The molecule has 0 saturated heterocycles. The number of esters is 2. The van der Waals surface area contributed by atoms with Gasteiger partial charge in [-0.15, -0.1) is 11.3 Å². The van der Waals surface area contributed by atoms with E-state index in [0.717, 1.165) is 11.3 Å². The van der Waals surface area contributed by atoms with E-state index in [2.05, 4.69) is 5.32 Å². The first kappa shape index (κ1) is 22.0. The van der Waals surface area contributed by atoms with Crippen LogP contribution in [0.2, 0.25) is 0 Å². The number of hydrogen-bond donors (Lipinski definition) is 2. The summed E-state index contributed by atoms with van der Waals surface area (Å²) in [6.45, 7) is 1.49. The van der Waals surface area contributed by atoms with Crippen LogP contribution in [0.3, 0.4) is 0 Å². The number of carbonyl (C=O) groups excluding carboxylic acids is 3. The van der Waals surface area contributed by atoms with Crippen LogP contribution < -0.4 is 15.8 Å². The quantitative estimate of drug-likeness (QED) is 0.500. The monoisotopic (exact) mass is 418 g/mol. The van der Waals surface area contributed by atoms with Gasteiger partial charge in [-0.2, -0.15) is 0 Å². The van der Waals surface area contributed by atoms with Crippen molar-refractivity contribution in [2.45, 2.75) is 13.5 Å². The van der Waals surface area contributed by atoms with Crippen LogP contribution in [-0.2, 0) is 20.9 Å². The lowest BCUT2D eigenvalue weighted by atomic mass is 10.1. The first-order chi connectivity index (χ1) is 13.9. The van der Waals surface area contributed by atoms with Crippen molar-refractivity contribution in [2.24, 2.45) is 0 Å². The number of hydrogen-bond acceptors (Lipinski definition) is 8. The van der Waals surface area contributed by atoms with Crippen molar-refractivity contribution in [1.82, 2.24) is 5.32 Å². The Morgan fingerprint density at radius 3 is 2.59 bits per heavy atom. The minimum absolute atomic E-state index is 0.0389. The molecule has 9 heteroatoms. The Balaban J connectivity index is 2.22. The fourth-order valence-corrected chi connectivity index (χ4v) is 3.51. The summed E-state index contributed by atoms with van der Waals surface area (Å²) in [7, 11) is 2.98. The van der Waals surface area contributed by atoms with Crippen LogP contribution in [0.4, 0.5) is 5.00 Å². The standard InChI is InChI=1S/C20H22N2O6S/c1-4-27-20(25)16-13(17(19(24)22-2)29-18(16)21)11-28-15(23)10-9-12-7-5-6-8-14(12)26-3/h5-10H,4,11,21H2,1-3H3,(H,22,24). The molecule has 0 bridgehead atoms. The molecule has 1 aromatic carbocycles. The summed E-state index contributed by atoms with van der Waals surface area (Å²) in [6.07, 6.45) is 2.78. The summed E-state index contributed by atoms with van der Waals surface area (Å²) < 4.78 is 15.5. The lowest BCUT2D eigenvalue weighted by Gasteiger charge is -2.08. The Morgan fingerprint density at radius 2 is 1.93 bits per heavy atom. The summed E-state index contributed by atoms with van der Waals surface area (Å²) in [5.74, 6) is -1.16. The Kier molecular flexibility index (Phi) is 7.79. The maximum atomic E-state index is 12.2. The largest absolute Gasteiger partial charge is 0.496 e. The van der Waals surface area contributed by atoms with Gasteiger partial charge in [0.2, 0.25) is 0 Å². The summed E-state index contributed by atoms with van der Waals surface area (Å²) in [5, 5.41) is 2.60. The molecule has 1 heterocycles. The fraction of sp³-hybridized carbons (Fsp3) is 0.250. The van der Waals surface area contributed by atoms with Gasteiger partial charge < -0.3 is 25.3 Å². The molecule has 0 aliphatic carbocycles.